The zero-order valence-electron chi connectivity index (χ0n) is 13.7. The van der Waals surface area contributed by atoms with Crippen LogP contribution in [0.25, 0.3) is 0 Å². The summed E-state index contributed by atoms with van der Waals surface area (Å²) in [4.78, 5) is 11.9. The summed E-state index contributed by atoms with van der Waals surface area (Å²) in [6, 6.07) is 7.49. The zero-order valence-corrected chi connectivity index (χ0v) is 16.1. The fraction of sp³-hybridized carbons (Fsp3) is 0.562. The van der Waals surface area contributed by atoms with Crippen molar-refractivity contribution in [3.8, 4) is 5.75 Å². The Morgan fingerprint density at radius 1 is 1.38 bits per heavy atom. The van der Waals surface area contributed by atoms with Crippen molar-refractivity contribution in [2.45, 2.75) is 19.3 Å². The summed E-state index contributed by atoms with van der Waals surface area (Å²) in [5.41, 5.74) is 0. The highest BCUT2D eigenvalue weighted by atomic mass is 79.9. The molecule has 1 heterocycles. The average molecular weight is 419 g/mol. The van der Waals surface area contributed by atoms with Crippen molar-refractivity contribution in [1.82, 2.24) is 9.62 Å². The van der Waals surface area contributed by atoms with E-state index in [1.54, 1.807) is 0 Å². The van der Waals surface area contributed by atoms with E-state index in [9.17, 15) is 13.2 Å². The van der Waals surface area contributed by atoms with E-state index in [0.29, 0.717) is 38.6 Å². The van der Waals surface area contributed by atoms with Crippen molar-refractivity contribution in [3.05, 3.63) is 28.7 Å². The normalized spacial score (nSPS) is 16.8. The van der Waals surface area contributed by atoms with E-state index in [1.165, 1.54) is 10.6 Å². The third-order valence-electron chi connectivity index (χ3n) is 4.02. The summed E-state index contributed by atoms with van der Waals surface area (Å²) in [7, 11) is -3.10. The van der Waals surface area contributed by atoms with Crippen LogP contribution in [0.4, 0.5) is 0 Å². The minimum Gasteiger partial charge on any atom is -0.493 e. The molecule has 1 aromatic carbocycles. The van der Waals surface area contributed by atoms with Gasteiger partial charge in [-0.15, -0.1) is 0 Å². The number of nitrogens with zero attached hydrogens (tertiary/aromatic N) is 1. The first-order chi connectivity index (χ1) is 11.3. The molecule has 8 heteroatoms. The van der Waals surface area contributed by atoms with Crippen LogP contribution in [0, 0.1) is 5.92 Å². The molecule has 1 amide bonds. The number of hydrogen-bond donors (Lipinski definition) is 1. The minimum absolute atomic E-state index is 0.0458. The number of carbonyl (C=O) groups excluding carboxylic acids is 1. The fourth-order valence-corrected chi connectivity index (χ4v) is 3.86. The van der Waals surface area contributed by atoms with Crippen molar-refractivity contribution in [2.24, 2.45) is 5.92 Å². The summed E-state index contributed by atoms with van der Waals surface area (Å²) in [5.74, 6) is 1.01. The van der Waals surface area contributed by atoms with E-state index in [4.69, 9.17) is 4.74 Å². The topological polar surface area (TPSA) is 75.7 Å². The second-order valence-corrected chi connectivity index (χ2v) is 8.86. The van der Waals surface area contributed by atoms with Crippen LogP contribution in [-0.4, -0.2) is 51.1 Å². The molecule has 1 N–H and O–H groups in total. The summed E-state index contributed by atoms with van der Waals surface area (Å²) in [6.45, 7) is 1.98. The minimum atomic E-state index is -3.10. The van der Waals surface area contributed by atoms with Gasteiger partial charge in [0.2, 0.25) is 15.9 Å². The Labute approximate surface area is 151 Å². The molecule has 1 fully saturated rings. The lowest BCUT2D eigenvalue weighted by Gasteiger charge is -2.30. The Kier molecular flexibility index (Phi) is 7.06. The van der Waals surface area contributed by atoms with Gasteiger partial charge in [-0.2, -0.15) is 0 Å². The Hall–Kier alpha value is -1.12. The Balaban J connectivity index is 1.62. The molecule has 0 bridgehead atoms. The standard InChI is InChI=1S/C16H23BrN2O4S/c1-24(21,22)19-8-5-13(6-9-19)12-18-16(20)7-10-23-15-4-2-3-14(17)11-15/h2-4,11,13H,5-10,12H2,1H3,(H,18,20). The highest BCUT2D eigenvalue weighted by molar-refractivity contribution is 9.10. The number of amides is 1. The van der Waals surface area contributed by atoms with E-state index >= 15 is 0 Å². The van der Waals surface area contributed by atoms with Gasteiger partial charge >= 0.3 is 0 Å². The number of hydrogen-bond acceptors (Lipinski definition) is 4. The van der Waals surface area contributed by atoms with E-state index in [0.717, 1.165) is 23.1 Å². The van der Waals surface area contributed by atoms with E-state index in [2.05, 4.69) is 21.2 Å². The van der Waals surface area contributed by atoms with Gasteiger partial charge in [-0.25, -0.2) is 12.7 Å². The molecule has 6 nitrogen and oxygen atoms in total. The van der Waals surface area contributed by atoms with Crippen LogP contribution >= 0.6 is 15.9 Å². The highest BCUT2D eigenvalue weighted by Crippen LogP contribution is 2.19. The van der Waals surface area contributed by atoms with Gasteiger partial charge in [0.25, 0.3) is 0 Å². The van der Waals surface area contributed by atoms with Gasteiger partial charge in [0.15, 0.2) is 0 Å². The van der Waals surface area contributed by atoms with Crippen LogP contribution in [0.3, 0.4) is 0 Å². The van der Waals surface area contributed by atoms with E-state index in [1.807, 2.05) is 24.3 Å². The summed E-state index contributed by atoms with van der Waals surface area (Å²) in [6.07, 6.45) is 3.10. The number of piperidine rings is 1. The molecule has 0 aliphatic carbocycles. The van der Waals surface area contributed by atoms with Crippen molar-refractivity contribution in [2.75, 3.05) is 32.5 Å². The lowest BCUT2D eigenvalue weighted by molar-refractivity contribution is -0.121. The lowest BCUT2D eigenvalue weighted by atomic mass is 9.98. The highest BCUT2D eigenvalue weighted by Gasteiger charge is 2.24. The Morgan fingerprint density at radius 2 is 2.08 bits per heavy atom. The molecule has 2 rings (SSSR count). The molecule has 0 radical (unpaired) electrons. The molecule has 0 saturated carbocycles. The number of nitrogens with one attached hydrogen (secondary N) is 1. The van der Waals surface area contributed by atoms with Gasteiger partial charge in [-0.05, 0) is 37.0 Å². The molecule has 1 aliphatic heterocycles. The summed E-state index contributed by atoms with van der Waals surface area (Å²) >= 11 is 3.37. The van der Waals surface area contributed by atoms with E-state index in [-0.39, 0.29) is 5.91 Å². The quantitative estimate of drug-likeness (QED) is 0.734. The maximum Gasteiger partial charge on any atom is 0.223 e. The largest absolute Gasteiger partial charge is 0.493 e. The van der Waals surface area contributed by atoms with Crippen molar-refractivity contribution in [3.63, 3.8) is 0 Å². The smallest absolute Gasteiger partial charge is 0.223 e. The molecule has 24 heavy (non-hydrogen) atoms. The van der Waals surface area contributed by atoms with Crippen molar-refractivity contribution >= 4 is 31.9 Å². The second-order valence-electron chi connectivity index (χ2n) is 5.97. The Morgan fingerprint density at radius 3 is 2.71 bits per heavy atom. The van der Waals surface area contributed by atoms with Gasteiger partial charge in [-0.1, -0.05) is 22.0 Å². The number of carbonyl (C=O) groups is 1. The monoisotopic (exact) mass is 418 g/mol. The molecular weight excluding hydrogens is 396 g/mol. The summed E-state index contributed by atoms with van der Waals surface area (Å²) in [5, 5.41) is 2.91. The molecule has 0 atom stereocenters. The molecule has 0 aromatic heterocycles. The van der Waals surface area contributed by atoms with Crippen LogP contribution in [-0.2, 0) is 14.8 Å². The van der Waals surface area contributed by atoms with Crippen LogP contribution < -0.4 is 10.1 Å². The molecule has 0 spiro atoms. The van der Waals surface area contributed by atoms with Crippen LogP contribution in [0.5, 0.6) is 5.75 Å². The molecule has 1 aromatic rings. The second kappa shape index (κ2) is 8.82. The van der Waals surface area contributed by atoms with Crippen LogP contribution in [0.1, 0.15) is 19.3 Å². The SMILES string of the molecule is CS(=O)(=O)N1CCC(CNC(=O)CCOc2cccc(Br)c2)CC1. The van der Waals surface area contributed by atoms with Gasteiger partial charge in [0, 0.05) is 24.1 Å². The average Bonchev–Trinajstić information content (AvgIpc) is 2.52. The maximum atomic E-state index is 11.9. The number of benzene rings is 1. The number of sulfonamides is 1. The predicted molar refractivity (Wildman–Crippen MR) is 96.4 cm³/mol. The molecule has 0 unspecified atom stereocenters. The van der Waals surface area contributed by atoms with Gasteiger partial charge in [-0.3, -0.25) is 4.79 Å². The first kappa shape index (κ1) is 19.2. The predicted octanol–water partition coefficient (Wildman–Crippen LogP) is 2.01. The molecule has 134 valence electrons. The van der Waals surface area contributed by atoms with Gasteiger partial charge in [0.05, 0.1) is 19.3 Å². The van der Waals surface area contributed by atoms with Crippen molar-refractivity contribution in [1.29, 1.82) is 0 Å². The molecule has 1 saturated heterocycles. The first-order valence-electron chi connectivity index (χ1n) is 7.95. The number of halogens is 1. The van der Waals surface area contributed by atoms with Crippen molar-refractivity contribution < 1.29 is 17.9 Å². The lowest BCUT2D eigenvalue weighted by Crippen LogP contribution is -2.41. The van der Waals surface area contributed by atoms with Gasteiger partial charge in [0.1, 0.15) is 5.75 Å². The number of ether oxygens (including phenoxy) is 1. The third kappa shape index (κ3) is 6.41. The van der Waals surface area contributed by atoms with E-state index < -0.39 is 10.0 Å². The maximum absolute atomic E-state index is 11.9. The first-order valence-corrected chi connectivity index (χ1v) is 10.6. The molecular formula is C16H23BrN2O4S. The van der Waals surface area contributed by atoms with Gasteiger partial charge < -0.3 is 10.1 Å². The third-order valence-corrected chi connectivity index (χ3v) is 5.82. The number of rotatable bonds is 7. The van der Waals surface area contributed by atoms with Crippen LogP contribution in [0.15, 0.2) is 28.7 Å². The van der Waals surface area contributed by atoms with Crippen LogP contribution in [0.2, 0.25) is 0 Å². The molecule has 1 aliphatic rings. The zero-order chi connectivity index (χ0) is 17.6. The summed E-state index contributed by atoms with van der Waals surface area (Å²) < 4.78 is 30.9. The Bertz CT molecular complexity index is 658. The fourth-order valence-electron chi connectivity index (χ4n) is 2.61.